The zero-order chi connectivity index (χ0) is 12.9. The van der Waals surface area contributed by atoms with Gasteiger partial charge in [0.05, 0.1) is 16.4 Å². The molecule has 0 fully saturated rings. The van der Waals surface area contributed by atoms with Crippen LogP contribution in [0, 0.1) is 6.92 Å². The van der Waals surface area contributed by atoms with Crippen molar-refractivity contribution in [2.75, 3.05) is 0 Å². The Labute approximate surface area is 110 Å². The number of nitrogens with zero attached hydrogens (tertiary/aromatic N) is 2. The molecule has 3 heteroatoms. The summed E-state index contributed by atoms with van der Waals surface area (Å²) in [6, 6.07) is 0. The van der Waals surface area contributed by atoms with E-state index in [4.69, 9.17) is 11.6 Å². The second-order valence-corrected chi connectivity index (χ2v) is 5.37. The molecule has 0 spiro atoms. The monoisotopic (exact) mass is 254 g/mol. The van der Waals surface area contributed by atoms with Crippen LogP contribution in [0.5, 0.6) is 0 Å². The number of aromatic nitrogens is 2. The van der Waals surface area contributed by atoms with Crippen LogP contribution in [-0.2, 0) is 5.41 Å². The standard InChI is InChI=1S/C14H23ClN2/c1-5-7-8-9-14(4,6-2)13-12(15)11(3)16-10-17-13/h10H,5-9H2,1-4H3. The van der Waals surface area contributed by atoms with Crippen LogP contribution in [-0.4, -0.2) is 9.97 Å². The summed E-state index contributed by atoms with van der Waals surface area (Å²) in [4.78, 5) is 8.56. The second-order valence-electron chi connectivity index (χ2n) is 4.99. The highest BCUT2D eigenvalue weighted by Crippen LogP contribution is 2.36. The fourth-order valence-corrected chi connectivity index (χ4v) is 2.43. The quantitative estimate of drug-likeness (QED) is 0.689. The SMILES string of the molecule is CCCCCC(C)(CC)c1ncnc(C)c1Cl. The molecule has 0 bridgehead atoms. The Bertz CT molecular complexity index is 365. The van der Waals surface area contributed by atoms with Gasteiger partial charge in [0, 0.05) is 5.41 Å². The van der Waals surface area contributed by atoms with Crippen molar-refractivity contribution in [3.05, 3.63) is 22.7 Å². The summed E-state index contributed by atoms with van der Waals surface area (Å²) in [6.07, 6.45) is 7.60. The Morgan fingerprint density at radius 3 is 2.53 bits per heavy atom. The average Bonchev–Trinajstić information content (AvgIpc) is 2.33. The van der Waals surface area contributed by atoms with Gasteiger partial charge >= 0.3 is 0 Å². The molecule has 0 aliphatic carbocycles. The maximum absolute atomic E-state index is 6.34. The van der Waals surface area contributed by atoms with Crippen LogP contribution in [0.1, 0.15) is 64.3 Å². The second kappa shape index (κ2) is 6.34. The minimum absolute atomic E-state index is 0.0833. The van der Waals surface area contributed by atoms with Crippen LogP contribution in [0.25, 0.3) is 0 Å². The van der Waals surface area contributed by atoms with Crippen LogP contribution in [0.3, 0.4) is 0 Å². The van der Waals surface area contributed by atoms with E-state index >= 15 is 0 Å². The molecule has 0 N–H and O–H groups in total. The van der Waals surface area contributed by atoms with Gasteiger partial charge in [0.15, 0.2) is 0 Å². The van der Waals surface area contributed by atoms with Crippen molar-refractivity contribution in [3.8, 4) is 0 Å². The Morgan fingerprint density at radius 1 is 1.24 bits per heavy atom. The molecule has 1 rings (SSSR count). The maximum atomic E-state index is 6.34. The molecule has 0 amide bonds. The molecule has 0 aromatic carbocycles. The molecule has 0 aliphatic rings. The number of hydrogen-bond acceptors (Lipinski definition) is 2. The molecule has 17 heavy (non-hydrogen) atoms. The molecular formula is C14H23ClN2. The summed E-state index contributed by atoms with van der Waals surface area (Å²) in [5, 5.41) is 0.744. The van der Waals surface area contributed by atoms with E-state index in [1.165, 1.54) is 19.3 Å². The summed E-state index contributed by atoms with van der Waals surface area (Å²) in [7, 11) is 0. The van der Waals surface area contributed by atoms with Crippen molar-refractivity contribution in [2.45, 2.75) is 65.2 Å². The van der Waals surface area contributed by atoms with Gasteiger partial charge in [-0.05, 0) is 19.8 Å². The molecule has 96 valence electrons. The van der Waals surface area contributed by atoms with Crippen molar-refractivity contribution < 1.29 is 0 Å². The maximum Gasteiger partial charge on any atom is 0.116 e. The predicted molar refractivity (Wildman–Crippen MR) is 73.6 cm³/mol. The van der Waals surface area contributed by atoms with E-state index < -0.39 is 0 Å². The lowest BCUT2D eigenvalue weighted by molar-refractivity contribution is 0.387. The van der Waals surface area contributed by atoms with Gasteiger partial charge in [-0.2, -0.15) is 0 Å². The van der Waals surface area contributed by atoms with Gasteiger partial charge in [-0.25, -0.2) is 9.97 Å². The van der Waals surface area contributed by atoms with Gasteiger partial charge < -0.3 is 0 Å². The Balaban J connectivity index is 2.95. The number of aryl methyl sites for hydroxylation is 1. The zero-order valence-electron chi connectivity index (χ0n) is 11.4. The van der Waals surface area contributed by atoms with Crippen LogP contribution < -0.4 is 0 Å². The van der Waals surface area contributed by atoms with E-state index in [1.807, 2.05) is 6.92 Å². The van der Waals surface area contributed by atoms with E-state index in [2.05, 4.69) is 30.7 Å². The number of hydrogen-bond donors (Lipinski definition) is 0. The van der Waals surface area contributed by atoms with Gasteiger partial charge in [-0.3, -0.25) is 0 Å². The smallest absolute Gasteiger partial charge is 0.116 e. The molecule has 1 unspecified atom stereocenters. The third-order valence-electron chi connectivity index (χ3n) is 3.65. The van der Waals surface area contributed by atoms with Crippen molar-refractivity contribution in [1.82, 2.24) is 9.97 Å². The molecule has 0 aliphatic heterocycles. The summed E-state index contributed by atoms with van der Waals surface area (Å²) in [5.41, 5.74) is 1.98. The van der Waals surface area contributed by atoms with Crippen LogP contribution >= 0.6 is 11.6 Å². The van der Waals surface area contributed by atoms with Crippen LogP contribution in [0.2, 0.25) is 5.02 Å². The molecule has 0 radical (unpaired) electrons. The van der Waals surface area contributed by atoms with Crippen LogP contribution in [0.15, 0.2) is 6.33 Å². The van der Waals surface area contributed by atoms with E-state index in [9.17, 15) is 0 Å². The highest BCUT2D eigenvalue weighted by molar-refractivity contribution is 6.31. The average molecular weight is 255 g/mol. The number of unbranched alkanes of at least 4 members (excludes halogenated alkanes) is 2. The van der Waals surface area contributed by atoms with E-state index in [-0.39, 0.29) is 5.41 Å². The predicted octanol–water partition coefficient (Wildman–Crippen LogP) is 4.69. The minimum atomic E-state index is 0.0833. The first kappa shape index (κ1) is 14.4. The summed E-state index contributed by atoms with van der Waals surface area (Å²) in [5.74, 6) is 0. The summed E-state index contributed by atoms with van der Waals surface area (Å²) >= 11 is 6.34. The van der Waals surface area contributed by atoms with Gasteiger partial charge in [0.25, 0.3) is 0 Å². The van der Waals surface area contributed by atoms with Crippen molar-refractivity contribution in [1.29, 1.82) is 0 Å². The topological polar surface area (TPSA) is 25.8 Å². The first-order chi connectivity index (χ1) is 8.05. The number of halogens is 1. The van der Waals surface area contributed by atoms with Gasteiger partial charge in [-0.15, -0.1) is 0 Å². The Kier molecular flexibility index (Phi) is 5.38. The lowest BCUT2D eigenvalue weighted by Gasteiger charge is -2.28. The fourth-order valence-electron chi connectivity index (χ4n) is 2.11. The van der Waals surface area contributed by atoms with Crippen molar-refractivity contribution in [3.63, 3.8) is 0 Å². The first-order valence-electron chi connectivity index (χ1n) is 6.52. The van der Waals surface area contributed by atoms with Crippen molar-refractivity contribution in [2.24, 2.45) is 0 Å². The van der Waals surface area contributed by atoms with Gasteiger partial charge in [0.2, 0.25) is 0 Å². The molecular weight excluding hydrogens is 232 g/mol. The molecule has 1 aromatic rings. The zero-order valence-corrected chi connectivity index (χ0v) is 12.1. The largest absolute Gasteiger partial charge is 0.240 e. The van der Waals surface area contributed by atoms with Gasteiger partial charge in [0.1, 0.15) is 6.33 Å². The van der Waals surface area contributed by atoms with Crippen molar-refractivity contribution >= 4 is 11.6 Å². The van der Waals surface area contributed by atoms with E-state index in [0.717, 1.165) is 29.3 Å². The summed E-state index contributed by atoms with van der Waals surface area (Å²) < 4.78 is 0. The molecule has 0 saturated heterocycles. The first-order valence-corrected chi connectivity index (χ1v) is 6.90. The molecule has 1 atom stereocenters. The Morgan fingerprint density at radius 2 is 1.94 bits per heavy atom. The lowest BCUT2D eigenvalue weighted by Crippen LogP contribution is -2.23. The molecule has 1 aromatic heterocycles. The third-order valence-corrected chi connectivity index (χ3v) is 4.10. The summed E-state index contributed by atoms with van der Waals surface area (Å²) in [6.45, 7) is 8.64. The highest BCUT2D eigenvalue weighted by Gasteiger charge is 2.28. The third kappa shape index (κ3) is 3.41. The molecule has 0 saturated carbocycles. The molecule has 1 heterocycles. The van der Waals surface area contributed by atoms with E-state index in [0.29, 0.717) is 0 Å². The number of rotatable bonds is 6. The Hall–Kier alpha value is -0.630. The normalized spacial score (nSPS) is 14.6. The van der Waals surface area contributed by atoms with Crippen LogP contribution in [0.4, 0.5) is 0 Å². The lowest BCUT2D eigenvalue weighted by atomic mass is 9.78. The minimum Gasteiger partial charge on any atom is -0.240 e. The highest BCUT2D eigenvalue weighted by atomic mass is 35.5. The molecule has 2 nitrogen and oxygen atoms in total. The fraction of sp³-hybridized carbons (Fsp3) is 0.714. The van der Waals surface area contributed by atoms with E-state index in [1.54, 1.807) is 6.33 Å². The van der Waals surface area contributed by atoms with Gasteiger partial charge in [-0.1, -0.05) is 51.6 Å².